The van der Waals surface area contributed by atoms with Crippen LogP contribution in [0.1, 0.15) is 36.7 Å². The standard InChI is InChI=1S/C28H32BrN3O7S/c1-5-37-23-13-12-21(15-22(23)27(33)31-20-10-8-19(29)9-11-20)32-28(34)30-17-18-14-25(39-7-3)26(40(4,35)36)16-24(18)38-6-2/h8-16H,5-7,17H2,1-4H3,(H,31,33)(H2,30,32,34). The lowest BCUT2D eigenvalue weighted by Crippen LogP contribution is -2.28. The minimum Gasteiger partial charge on any atom is -0.493 e. The van der Waals surface area contributed by atoms with Crippen molar-refractivity contribution in [3.05, 3.63) is 70.2 Å². The summed E-state index contributed by atoms with van der Waals surface area (Å²) in [6.45, 7) is 6.28. The van der Waals surface area contributed by atoms with Crippen LogP contribution in [-0.2, 0) is 16.4 Å². The molecule has 0 spiro atoms. The van der Waals surface area contributed by atoms with E-state index >= 15 is 0 Å². The summed E-state index contributed by atoms with van der Waals surface area (Å²) >= 11 is 3.37. The van der Waals surface area contributed by atoms with Crippen LogP contribution in [0.2, 0.25) is 0 Å². The normalized spacial score (nSPS) is 10.9. The van der Waals surface area contributed by atoms with E-state index in [9.17, 15) is 18.0 Å². The fraction of sp³-hybridized carbons (Fsp3) is 0.286. The van der Waals surface area contributed by atoms with Crippen LogP contribution in [0.3, 0.4) is 0 Å². The van der Waals surface area contributed by atoms with Crippen LogP contribution >= 0.6 is 15.9 Å². The summed E-state index contributed by atoms with van der Waals surface area (Å²) in [6, 6.07) is 14.3. The van der Waals surface area contributed by atoms with E-state index in [0.717, 1.165) is 10.7 Å². The summed E-state index contributed by atoms with van der Waals surface area (Å²) in [5.41, 5.74) is 1.76. The van der Waals surface area contributed by atoms with Crippen LogP contribution in [0.25, 0.3) is 0 Å². The maximum Gasteiger partial charge on any atom is 0.319 e. The number of ether oxygens (including phenoxy) is 3. The summed E-state index contributed by atoms with van der Waals surface area (Å²) in [5.74, 6) is 0.475. The first-order chi connectivity index (χ1) is 19.0. The molecule has 3 aromatic rings. The van der Waals surface area contributed by atoms with E-state index in [2.05, 4.69) is 31.9 Å². The molecular formula is C28H32BrN3O7S. The summed E-state index contributed by atoms with van der Waals surface area (Å²) < 4.78 is 42.2. The molecule has 0 atom stereocenters. The van der Waals surface area contributed by atoms with Gasteiger partial charge in [0, 0.05) is 40.3 Å². The number of hydrogen-bond donors (Lipinski definition) is 3. The molecule has 0 aliphatic rings. The highest BCUT2D eigenvalue weighted by molar-refractivity contribution is 9.10. The third kappa shape index (κ3) is 8.36. The first-order valence-corrected chi connectivity index (χ1v) is 15.2. The van der Waals surface area contributed by atoms with Gasteiger partial charge in [-0.1, -0.05) is 15.9 Å². The molecule has 0 unspecified atom stereocenters. The lowest BCUT2D eigenvalue weighted by molar-refractivity contribution is 0.102. The van der Waals surface area contributed by atoms with E-state index in [1.165, 1.54) is 12.1 Å². The van der Waals surface area contributed by atoms with Gasteiger partial charge in [0.25, 0.3) is 5.91 Å². The molecule has 0 bridgehead atoms. The van der Waals surface area contributed by atoms with Crippen molar-refractivity contribution in [1.29, 1.82) is 0 Å². The molecule has 0 aromatic heterocycles. The number of sulfone groups is 1. The zero-order valence-electron chi connectivity index (χ0n) is 22.7. The van der Waals surface area contributed by atoms with E-state index in [1.807, 2.05) is 19.1 Å². The van der Waals surface area contributed by atoms with E-state index in [4.69, 9.17) is 14.2 Å². The van der Waals surface area contributed by atoms with Gasteiger partial charge >= 0.3 is 6.03 Å². The fourth-order valence-corrected chi connectivity index (χ4v) is 4.79. The van der Waals surface area contributed by atoms with Crippen LogP contribution in [0.4, 0.5) is 16.2 Å². The van der Waals surface area contributed by atoms with E-state index in [-0.39, 0.29) is 29.4 Å². The number of rotatable bonds is 12. The second kappa shape index (κ2) is 14.0. The van der Waals surface area contributed by atoms with Gasteiger partial charge in [0.15, 0.2) is 9.84 Å². The molecule has 0 saturated heterocycles. The molecule has 40 heavy (non-hydrogen) atoms. The number of carbonyl (C=O) groups excluding carboxylic acids is 2. The highest BCUT2D eigenvalue weighted by Gasteiger charge is 2.20. The Kier molecular flexibility index (Phi) is 10.8. The molecule has 0 heterocycles. The second-order valence-corrected chi connectivity index (χ2v) is 11.4. The number of nitrogens with one attached hydrogen (secondary N) is 3. The Labute approximate surface area is 242 Å². The highest BCUT2D eigenvalue weighted by Crippen LogP contribution is 2.33. The van der Waals surface area contributed by atoms with Gasteiger partial charge < -0.3 is 30.2 Å². The number of benzene rings is 3. The minimum atomic E-state index is -3.58. The van der Waals surface area contributed by atoms with Crippen molar-refractivity contribution in [2.24, 2.45) is 0 Å². The molecule has 0 saturated carbocycles. The predicted octanol–water partition coefficient (Wildman–Crippen LogP) is 5.62. The van der Waals surface area contributed by atoms with Crippen LogP contribution in [-0.4, -0.2) is 46.4 Å². The first-order valence-electron chi connectivity index (χ1n) is 12.6. The monoisotopic (exact) mass is 633 g/mol. The fourth-order valence-electron chi connectivity index (χ4n) is 3.72. The third-order valence-electron chi connectivity index (χ3n) is 5.45. The molecule has 3 amide bonds. The summed E-state index contributed by atoms with van der Waals surface area (Å²) in [7, 11) is -3.58. The van der Waals surface area contributed by atoms with Gasteiger partial charge in [-0.2, -0.15) is 0 Å². The van der Waals surface area contributed by atoms with Gasteiger partial charge in [0.2, 0.25) is 0 Å². The highest BCUT2D eigenvalue weighted by atomic mass is 79.9. The Morgan fingerprint density at radius 2 is 1.38 bits per heavy atom. The molecule has 0 radical (unpaired) electrons. The summed E-state index contributed by atoms with van der Waals surface area (Å²) in [6.07, 6.45) is 1.09. The molecule has 0 aliphatic heterocycles. The number of halogens is 1. The van der Waals surface area contributed by atoms with E-state index in [1.54, 1.807) is 44.2 Å². The van der Waals surface area contributed by atoms with Gasteiger partial charge in [-0.3, -0.25) is 4.79 Å². The Morgan fingerprint density at radius 1 is 0.775 bits per heavy atom. The lowest BCUT2D eigenvalue weighted by Gasteiger charge is -2.17. The van der Waals surface area contributed by atoms with Gasteiger partial charge in [0.05, 0.1) is 25.4 Å². The zero-order chi connectivity index (χ0) is 29.3. The maximum absolute atomic E-state index is 13.0. The van der Waals surface area contributed by atoms with Crippen LogP contribution in [0.15, 0.2) is 64.0 Å². The van der Waals surface area contributed by atoms with Gasteiger partial charge in [-0.25, -0.2) is 13.2 Å². The van der Waals surface area contributed by atoms with Gasteiger partial charge in [0.1, 0.15) is 22.1 Å². The lowest BCUT2D eigenvalue weighted by atomic mass is 10.1. The number of urea groups is 1. The van der Waals surface area contributed by atoms with Crippen molar-refractivity contribution >= 4 is 49.1 Å². The molecule has 0 aliphatic carbocycles. The van der Waals surface area contributed by atoms with Gasteiger partial charge in [-0.05, 0) is 69.3 Å². The molecule has 0 fully saturated rings. The molecule has 3 aromatic carbocycles. The van der Waals surface area contributed by atoms with Crippen LogP contribution in [0.5, 0.6) is 17.2 Å². The Morgan fingerprint density at radius 3 is 2.00 bits per heavy atom. The van der Waals surface area contributed by atoms with Crippen molar-refractivity contribution in [3.8, 4) is 17.2 Å². The van der Waals surface area contributed by atoms with Crippen molar-refractivity contribution in [2.75, 3.05) is 36.7 Å². The molecule has 3 rings (SSSR count). The average molecular weight is 635 g/mol. The second-order valence-electron chi connectivity index (χ2n) is 8.46. The van der Waals surface area contributed by atoms with Crippen LogP contribution in [0, 0.1) is 0 Å². The summed E-state index contributed by atoms with van der Waals surface area (Å²) in [4.78, 5) is 25.8. The van der Waals surface area contributed by atoms with Crippen molar-refractivity contribution in [2.45, 2.75) is 32.2 Å². The number of hydrogen-bond acceptors (Lipinski definition) is 7. The quantitative estimate of drug-likeness (QED) is 0.236. The Hall–Kier alpha value is -3.77. The SMILES string of the molecule is CCOc1cc(S(C)(=O)=O)c(OCC)cc1CNC(=O)Nc1ccc(OCC)c(C(=O)Nc2ccc(Br)cc2)c1. The third-order valence-corrected chi connectivity index (χ3v) is 7.10. The smallest absolute Gasteiger partial charge is 0.319 e. The zero-order valence-corrected chi connectivity index (χ0v) is 25.1. The average Bonchev–Trinajstić information content (AvgIpc) is 2.90. The number of anilines is 2. The van der Waals surface area contributed by atoms with Crippen LogP contribution < -0.4 is 30.2 Å². The molecule has 10 nitrogen and oxygen atoms in total. The van der Waals surface area contributed by atoms with Crippen molar-refractivity contribution in [1.82, 2.24) is 5.32 Å². The Bertz CT molecular complexity index is 1460. The summed E-state index contributed by atoms with van der Waals surface area (Å²) in [5, 5.41) is 8.27. The van der Waals surface area contributed by atoms with E-state index < -0.39 is 21.8 Å². The minimum absolute atomic E-state index is 0.00864. The molecular weight excluding hydrogens is 602 g/mol. The first kappa shape index (κ1) is 30.8. The molecule has 214 valence electrons. The molecule has 12 heteroatoms. The number of amides is 3. The largest absolute Gasteiger partial charge is 0.493 e. The van der Waals surface area contributed by atoms with Crippen molar-refractivity contribution in [3.63, 3.8) is 0 Å². The predicted molar refractivity (Wildman–Crippen MR) is 157 cm³/mol. The van der Waals surface area contributed by atoms with Crippen molar-refractivity contribution < 1.29 is 32.2 Å². The number of carbonyl (C=O) groups is 2. The van der Waals surface area contributed by atoms with E-state index in [0.29, 0.717) is 41.7 Å². The molecule has 3 N–H and O–H groups in total. The Balaban J connectivity index is 1.78. The maximum atomic E-state index is 13.0. The van der Waals surface area contributed by atoms with Gasteiger partial charge in [-0.15, -0.1) is 0 Å². The topological polar surface area (TPSA) is 132 Å².